The monoisotopic (exact) mass is 294 g/mol. The summed E-state index contributed by atoms with van der Waals surface area (Å²) in [7, 11) is 0. The van der Waals surface area contributed by atoms with E-state index in [0.717, 1.165) is 6.42 Å². The number of rotatable bonds is 3. The number of phenolic OH excluding ortho intramolecular Hbond substituents is 2. The van der Waals surface area contributed by atoms with Crippen molar-refractivity contribution in [2.24, 2.45) is 11.8 Å². The fraction of sp³-hybridized carbons (Fsp3) is 0.300. The summed E-state index contributed by atoms with van der Waals surface area (Å²) in [6, 6.07) is 15.0. The summed E-state index contributed by atoms with van der Waals surface area (Å²) in [5.74, 6) is 1.94. The number of benzene rings is 2. The number of hydrogen-bond acceptors (Lipinski definition) is 2. The summed E-state index contributed by atoms with van der Waals surface area (Å²) >= 11 is 0. The molecule has 2 heteroatoms. The van der Waals surface area contributed by atoms with Gasteiger partial charge < -0.3 is 10.2 Å². The summed E-state index contributed by atoms with van der Waals surface area (Å²) < 4.78 is 0. The van der Waals surface area contributed by atoms with Gasteiger partial charge in [-0.2, -0.15) is 0 Å². The molecule has 0 amide bonds. The predicted molar refractivity (Wildman–Crippen MR) is 89.1 cm³/mol. The molecule has 2 aromatic rings. The number of allylic oxidation sites excluding steroid dienone is 2. The minimum absolute atomic E-state index is 0.255. The van der Waals surface area contributed by atoms with E-state index in [1.807, 2.05) is 24.3 Å². The molecule has 22 heavy (non-hydrogen) atoms. The topological polar surface area (TPSA) is 40.5 Å². The van der Waals surface area contributed by atoms with Crippen molar-refractivity contribution in [2.75, 3.05) is 0 Å². The smallest absolute Gasteiger partial charge is 0.115 e. The molecule has 0 saturated carbocycles. The zero-order valence-electron chi connectivity index (χ0n) is 12.8. The molecule has 0 bridgehead atoms. The van der Waals surface area contributed by atoms with Crippen LogP contribution in [0.3, 0.4) is 0 Å². The van der Waals surface area contributed by atoms with Crippen LogP contribution >= 0.6 is 0 Å². The van der Waals surface area contributed by atoms with Crippen LogP contribution in [0.5, 0.6) is 11.5 Å². The Morgan fingerprint density at radius 1 is 0.773 bits per heavy atom. The highest BCUT2D eigenvalue weighted by Crippen LogP contribution is 2.39. The maximum absolute atomic E-state index is 9.54. The normalized spacial score (nSPS) is 21.2. The van der Waals surface area contributed by atoms with Crippen LogP contribution in [0.4, 0.5) is 0 Å². The van der Waals surface area contributed by atoms with E-state index in [1.54, 1.807) is 24.3 Å². The molecule has 2 nitrogen and oxygen atoms in total. The first kappa shape index (κ1) is 14.7. The van der Waals surface area contributed by atoms with Crippen LogP contribution in [-0.2, 0) is 0 Å². The van der Waals surface area contributed by atoms with Crippen LogP contribution in [0.2, 0.25) is 0 Å². The van der Waals surface area contributed by atoms with E-state index in [9.17, 15) is 10.2 Å². The molecule has 0 spiro atoms. The fourth-order valence-electron chi connectivity index (χ4n) is 3.31. The van der Waals surface area contributed by atoms with E-state index in [0.29, 0.717) is 23.3 Å². The second-order valence-corrected chi connectivity index (χ2v) is 6.26. The summed E-state index contributed by atoms with van der Waals surface area (Å²) in [6.07, 6.45) is 7.00. The second-order valence-electron chi connectivity index (χ2n) is 6.26. The van der Waals surface area contributed by atoms with Gasteiger partial charge in [-0.05, 0) is 60.1 Å². The highest BCUT2D eigenvalue weighted by atomic mass is 16.3. The molecule has 2 N–H and O–H groups in total. The molecule has 0 saturated heterocycles. The quantitative estimate of drug-likeness (QED) is 0.796. The van der Waals surface area contributed by atoms with Gasteiger partial charge in [0.2, 0.25) is 0 Å². The summed E-state index contributed by atoms with van der Waals surface area (Å²) in [5, 5.41) is 19.1. The molecule has 1 unspecified atom stereocenters. The van der Waals surface area contributed by atoms with Crippen molar-refractivity contribution in [2.45, 2.75) is 25.7 Å². The number of aromatic hydroxyl groups is 2. The fourth-order valence-corrected chi connectivity index (χ4v) is 3.31. The lowest BCUT2D eigenvalue weighted by molar-refractivity contribution is 0.439. The van der Waals surface area contributed by atoms with E-state index in [2.05, 4.69) is 19.1 Å². The molecular weight excluding hydrogens is 272 g/mol. The molecule has 114 valence electrons. The Morgan fingerprint density at radius 2 is 1.27 bits per heavy atom. The lowest BCUT2D eigenvalue weighted by Crippen LogP contribution is -2.16. The van der Waals surface area contributed by atoms with Crippen molar-refractivity contribution in [1.82, 2.24) is 0 Å². The summed E-state index contributed by atoms with van der Waals surface area (Å²) in [4.78, 5) is 0. The van der Waals surface area contributed by atoms with E-state index in [4.69, 9.17) is 0 Å². The van der Waals surface area contributed by atoms with Gasteiger partial charge in [0, 0.05) is 5.92 Å². The summed E-state index contributed by atoms with van der Waals surface area (Å²) in [6.45, 7) is 2.25. The molecule has 0 heterocycles. The van der Waals surface area contributed by atoms with Crippen molar-refractivity contribution < 1.29 is 10.2 Å². The summed E-state index contributed by atoms with van der Waals surface area (Å²) in [5.41, 5.74) is 2.40. The van der Waals surface area contributed by atoms with Crippen molar-refractivity contribution in [3.8, 4) is 11.5 Å². The Hall–Kier alpha value is -2.22. The average molecular weight is 294 g/mol. The zero-order chi connectivity index (χ0) is 15.5. The van der Waals surface area contributed by atoms with E-state index in [-0.39, 0.29) is 5.92 Å². The standard InChI is InChI=1S/C20H22O2/c1-14-2-4-15(5-3-14)20(16-6-10-18(21)11-7-16)17-8-12-19(22)13-9-17/h2,4,6-15,20-22H,3,5H2,1H3/t14-,15?/m1/s1. The molecular formula is C20H22O2. The molecule has 0 fully saturated rings. The zero-order valence-corrected chi connectivity index (χ0v) is 12.8. The number of hydrogen-bond donors (Lipinski definition) is 2. The van der Waals surface area contributed by atoms with Gasteiger partial charge in [0.25, 0.3) is 0 Å². The third kappa shape index (κ3) is 3.16. The lowest BCUT2D eigenvalue weighted by Gasteiger charge is -2.29. The van der Waals surface area contributed by atoms with Crippen molar-refractivity contribution >= 4 is 0 Å². The third-order valence-corrected chi connectivity index (χ3v) is 4.57. The first-order valence-corrected chi connectivity index (χ1v) is 7.89. The highest BCUT2D eigenvalue weighted by Gasteiger charge is 2.25. The van der Waals surface area contributed by atoms with Crippen LogP contribution in [-0.4, -0.2) is 10.2 Å². The van der Waals surface area contributed by atoms with Crippen molar-refractivity contribution in [1.29, 1.82) is 0 Å². The molecule has 2 atom stereocenters. The van der Waals surface area contributed by atoms with Gasteiger partial charge >= 0.3 is 0 Å². The maximum Gasteiger partial charge on any atom is 0.115 e. The molecule has 0 aromatic heterocycles. The lowest BCUT2D eigenvalue weighted by atomic mass is 9.75. The second kappa shape index (κ2) is 6.27. The van der Waals surface area contributed by atoms with Crippen molar-refractivity contribution in [3.63, 3.8) is 0 Å². The van der Waals surface area contributed by atoms with Gasteiger partial charge in [-0.15, -0.1) is 0 Å². The Bertz CT molecular complexity index is 595. The van der Waals surface area contributed by atoms with E-state index >= 15 is 0 Å². The molecule has 1 aliphatic carbocycles. The molecule has 2 aromatic carbocycles. The van der Waals surface area contributed by atoms with Gasteiger partial charge in [0.05, 0.1) is 0 Å². The van der Waals surface area contributed by atoms with Crippen LogP contribution < -0.4 is 0 Å². The molecule has 3 rings (SSSR count). The Labute approximate surface area is 131 Å². The third-order valence-electron chi connectivity index (χ3n) is 4.57. The largest absolute Gasteiger partial charge is 0.508 e. The Morgan fingerprint density at radius 3 is 1.68 bits per heavy atom. The molecule has 0 aliphatic heterocycles. The van der Waals surface area contributed by atoms with Crippen LogP contribution in [0, 0.1) is 11.8 Å². The van der Waals surface area contributed by atoms with E-state index in [1.165, 1.54) is 17.5 Å². The van der Waals surface area contributed by atoms with Gasteiger partial charge in [0.1, 0.15) is 11.5 Å². The van der Waals surface area contributed by atoms with Crippen LogP contribution in [0.1, 0.15) is 36.8 Å². The maximum atomic E-state index is 9.54. The van der Waals surface area contributed by atoms with Crippen LogP contribution in [0.25, 0.3) is 0 Å². The predicted octanol–water partition coefficient (Wildman–Crippen LogP) is 4.83. The molecule has 1 aliphatic rings. The van der Waals surface area contributed by atoms with Gasteiger partial charge in [0.15, 0.2) is 0 Å². The first-order chi connectivity index (χ1) is 10.6. The molecule has 0 radical (unpaired) electrons. The first-order valence-electron chi connectivity index (χ1n) is 7.89. The minimum Gasteiger partial charge on any atom is -0.508 e. The van der Waals surface area contributed by atoms with Crippen LogP contribution in [0.15, 0.2) is 60.7 Å². The van der Waals surface area contributed by atoms with E-state index < -0.39 is 0 Å². The van der Waals surface area contributed by atoms with Gasteiger partial charge in [-0.3, -0.25) is 0 Å². The Kier molecular flexibility index (Phi) is 4.19. The SMILES string of the molecule is C[C@@H]1C=CC(C(c2ccc(O)cc2)c2ccc(O)cc2)CC1. The van der Waals surface area contributed by atoms with Gasteiger partial charge in [-0.1, -0.05) is 43.3 Å². The minimum atomic E-state index is 0.255. The van der Waals surface area contributed by atoms with Gasteiger partial charge in [-0.25, -0.2) is 0 Å². The van der Waals surface area contributed by atoms with Crippen molar-refractivity contribution in [3.05, 3.63) is 71.8 Å². The highest BCUT2D eigenvalue weighted by molar-refractivity contribution is 5.39. The number of phenols is 2. The average Bonchev–Trinajstić information content (AvgIpc) is 2.53. The Balaban J connectivity index is 2.00.